The van der Waals surface area contributed by atoms with Crippen molar-refractivity contribution in [2.75, 3.05) is 88.2 Å². The number of aromatic nitrogens is 2. The number of amides is 1. The average Bonchev–Trinajstić information content (AvgIpc) is 4.00. The summed E-state index contributed by atoms with van der Waals surface area (Å²) in [7, 11) is 1.72. The summed E-state index contributed by atoms with van der Waals surface area (Å²) in [6, 6.07) is 5.64. The number of hydrogen-bond donors (Lipinski definition) is 2. The number of nitrogen functional groups attached to an aromatic ring is 1. The van der Waals surface area contributed by atoms with E-state index in [-0.39, 0.29) is 28.5 Å². The molecule has 8 rings (SSSR count). The van der Waals surface area contributed by atoms with E-state index in [2.05, 4.69) is 27.3 Å². The van der Waals surface area contributed by atoms with E-state index < -0.39 is 12.8 Å². The Balaban J connectivity index is 1.28. The lowest BCUT2D eigenvalue weighted by Crippen LogP contribution is -2.72. The highest BCUT2D eigenvalue weighted by atomic mass is 19.4. The van der Waals surface area contributed by atoms with Gasteiger partial charge in [0.25, 0.3) is 0 Å². The van der Waals surface area contributed by atoms with Gasteiger partial charge in [-0.1, -0.05) is 19.1 Å². The molecule has 0 radical (unpaired) electrons. The van der Waals surface area contributed by atoms with Crippen molar-refractivity contribution in [3.05, 3.63) is 47.5 Å². The zero-order valence-corrected chi connectivity index (χ0v) is 31.8. The van der Waals surface area contributed by atoms with Gasteiger partial charge >= 0.3 is 6.18 Å². The number of aryl methyl sites for hydroxylation is 1. The first-order valence-corrected chi connectivity index (χ1v) is 19.5. The highest BCUT2D eigenvalue weighted by Crippen LogP contribution is 2.53. The van der Waals surface area contributed by atoms with E-state index in [9.17, 15) is 18.0 Å². The van der Waals surface area contributed by atoms with Gasteiger partial charge in [0.1, 0.15) is 11.3 Å². The number of ether oxygens (including phenoxy) is 2. The minimum Gasteiger partial charge on any atom is -0.481 e. The standard InChI is InChI=1S/C41H51F3N8O3/c1-4-32(53)50-21-39(22-50)12-15-49(16-13-39)37-29-19-28(27-8-9-27)34(33-26(2)7-10-31(46)30(33)20-45)36(55-25-41(42,43)44)35(29)47-38(48-37)51-23-40(24-51)11-5-6-14-52(40)17-18-54-3/h4,7,10,19-20,27,45H,1,5-6,8-9,11-18,21-25,46H2,2-3H3. The Kier molecular flexibility index (Phi) is 9.72. The van der Waals surface area contributed by atoms with Crippen LogP contribution in [0.3, 0.4) is 0 Å². The number of alkyl halides is 3. The van der Waals surface area contributed by atoms with Gasteiger partial charge in [0.2, 0.25) is 11.9 Å². The third kappa shape index (κ3) is 6.89. The number of nitrogens with one attached hydrogen (secondary N) is 1. The van der Waals surface area contributed by atoms with Gasteiger partial charge in [0, 0.05) is 86.8 Å². The second kappa shape index (κ2) is 14.3. The largest absolute Gasteiger partial charge is 0.481 e. The number of fused-ring (bicyclic) bond motifs is 1. The molecule has 4 aliphatic heterocycles. The van der Waals surface area contributed by atoms with E-state index in [1.165, 1.54) is 12.3 Å². The molecular formula is C41H51F3N8O3. The Morgan fingerprint density at radius 1 is 1.05 bits per heavy atom. The third-order valence-electron chi connectivity index (χ3n) is 12.7. The molecule has 294 valence electrons. The number of anilines is 3. The Hall–Kier alpha value is -4.43. The summed E-state index contributed by atoms with van der Waals surface area (Å²) in [6.45, 7) is 10.7. The van der Waals surface area contributed by atoms with Gasteiger partial charge in [0.05, 0.1) is 12.1 Å². The first kappa shape index (κ1) is 37.5. The van der Waals surface area contributed by atoms with Crippen LogP contribution in [0.25, 0.3) is 22.0 Å². The van der Waals surface area contributed by atoms with E-state index in [0.717, 1.165) is 69.2 Å². The van der Waals surface area contributed by atoms with Gasteiger partial charge in [-0.2, -0.15) is 18.2 Å². The first-order chi connectivity index (χ1) is 26.4. The van der Waals surface area contributed by atoms with Crippen molar-refractivity contribution in [3.63, 3.8) is 0 Å². The molecule has 11 nitrogen and oxygen atoms in total. The van der Waals surface area contributed by atoms with Crippen LogP contribution in [0.2, 0.25) is 0 Å². The van der Waals surface area contributed by atoms with Gasteiger partial charge in [-0.05, 0) is 92.8 Å². The fraction of sp³-hybridized carbons (Fsp3) is 0.561. The number of hydrogen-bond acceptors (Lipinski definition) is 10. The van der Waals surface area contributed by atoms with E-state index in [0.29, 0.717) is 90.9 Å². The van der Waals surface area contributed by atoms with Crippen molar-refractivity contribution >= 4 is 40.5 Å². The number of piperidine rings is 2. The van der Waals surface area contributed by atoms with Crippen LogP contribution in [0.1, 0.15) is 67.6 Å². The highest BCUT2D eigenvalue weighted by molar-refractivity contribution is 6.05. The van der Waals surface area contributed by atoms with Gasteiger partial charge in [-0.25, -0.2) is 4.98 Å². The van der Waals surface area contributed by atoms with Crippen molar-refractivity contribution in [3.8, 4) is 16.9 Å². The number of carbonyl (C=O) groups is 1. The molecule has 1 saturated carbocycles. The topological polar surface area (TPSA) is 124 Å². The van der Waals surface area contributed by atoms with Gasteiger partial charge in [0.15, 0.2) is 12.4 Å². The molecule has 5 heterocycles. The van der Waals surface area contributed by atoms with Crippen molar-refractivity contribution in [1.82, 2.24) is 19.8 Å². The number of likely N-dealkylation sites (tertiary alicyclic amines) is 2. The van der Waals surface area contributed by atoms with E-state index >= 15 is 0 Å². The number of nitrogens with zero attached hydrogens (tertiary/aromatic N) is 6. The van der Waals surface area contributed by atoms with Gasteiger partial charge in [-0.15, -0.1) is 0 Å². The molecule has 0 bridgehead atoms. The molecule has 1 aromatic heterocycles. The summed E-state index contributed by atoms with van der Waals surface area (Å²) in [6.07, 6.45) is 4.71. The molecule has 1 aliphatic carbocycles. The zero-order valence-electron chi connectivity index (χ0n) is 31.8. The third-order valence-corrected chi connectivity index (χ3v) is 12.7. The minimum absolute atomic E-state index is 0.0264. The molecule has 0 unspecified atom stereocenters. The lowest BCUT2D eigenvalue weighted by atomic mass is 9.72. The molecule has 3 aromatic rings. The summed E-state index contributed by atoms with van der Waals surface area (Å²) in [4.78, 5) is 31.5. The summed E-state index contributed by atoms with van der Waals surface area (Å²) >= 11 is 0. The number of halogens is 3. The molecule has 55 heavy (non-hydrogen) atoms. The van der Waals surface area contributed by atoms with Crippen LogP contribution in [-0.4, -0.2) is 116 Å². The van der Waals surface area contributed by atoms with Crippen molar-refractivity contribution in [1.29, 1.82) is 5.41 Å². The SMILES string of the molecule is C=CC(=O)N1CC2(CCN(c3nc(N4CC5(CCCCN5CCOC)C4)nc4c(OCC(F)(F)F)c(-c5c(C)ccc(N)c5C=N)c(C5CC5)cc34)CC2)C1. The fourth-order valence-electron chi connectivity index (χ4n) is 9.54. The van der Waals surface area contributed by atoms with Crippen molar-refractivity contribution in [2.24, 2.45) is 5.41 Å². The summed E-state index contributed by atoms with van der Waals surface area (Å²) in [5.74, 6) is 1.26. The number of rotatable bonds is 11. The van der Waals surface area contributed by atoms with Gasteiger partial charge < -0.3 is 35.3 Å². The van der Waals surface area contributed by atoms with Crippen LogP contribution in [-0.2, 0) is 9.53 Å². The monoisotopic (exact) mass is 760 g/mol. The Bertz CT molecular complexity index is 1990. The Labute approximate surface area is 320 Å². The van der Waals surface area contributed by atoms with Crippen LogP contribution in [0.15, 0.2) is 30.9 Å². The second-order valence-corrected chi connectivity index (χ2v) is 16.4. The molecule has 1 amide bonds. The maximum absolute atomic E-state index is 14.1. The molecule has 3 N–H and O–H groups in total. The van der Waals surface area contributed by atoms with Crippen LogP contribution in [0, 0.1) is 17.7 Å². The van der Waals surface area contributed by atoms with Gasteiger partial charge in [-0.3, -0.25) is 9.69 Å². The lowest BCUT2D eigenvalue weighted by molar-refractivity contribution is -0.153. The Morgan fingerprint density at radius 3 is 2.45 bits per heavy atom. The predicted molar refractivity (Wildman–Crippen MR) is 208 cm³/mol. The molecule has 14 heteroatoms. The van der Waals surface area contributed by atoms with Crippen molar-refractivity contribution < 1.29 is 27.4 Å². The quantitative estimate of drug-likeness (QED) is 0.132. The number of nitrogens with two attached hydrogens (primary N) is 1. The number of methoxy groups -OCH3 is 1. The molecule has 2 spiro atoms. The molecular weight excluding hydrogens is 709 g/mol. The summed E-state index contributed by atoms with van der Waals surface area (Å²) < 4.78 is 53.8. The smallest absolute Gasteiger partial charge is 0.422 e. The number of carbonyl (C=O) groups excluding carboxylic acids is 1. The van der Waals surface area contributed by atoms with E-state index in [1.807, 2.05) is 17.9 Å². The number of benzene rings is 2. The summed E-state index contributed by atoms with van der Waals surface area (Å²) in [5, 5.41) is 9.00. The van der Waals surface area contributed by atoms with E-state index in [4.69, 9.17) is 30.6 Å². The van der Waals surface area contributed by atoms with Crippen LogP contribution in [0.5, 0.6) is 5.75 Å². The van der Waals surface area contributed by atoms with Crippen LogP contribution >= 0.6 is 0 Å². The first-order valence-electron chi connectivity index (χ1n) is 19.5. The predicted octanol–water partition coefficient (Wildman–Crippen LogP) is 6.31. The molecule has 0 atom stereocenters. The normalized spacial score (nSPS) is 20.8. The van der Waals surface area contributed by atoms with Crippen LogP contribution < -0.4 is 20.3 Å². The zero-order chi connectivity index (χ0) is 38.7. The van der Waals surface area contributed by atoms with E-state index in [1.54, 1.807) is 13.2 Å². The molecule has 2 aromatic carbocycles. The molecule has 5 aliphatic rings. The average molecular weight is 761 g/mol. The lowest BCUT2D eigenvalue weighted by Gasteiger charge is -2.58. The minimum atomic E-state index is -4.60. The van der Waals surface area contributed by atoms with Crippen LogP contribution in [0.4, 0.5) is 30.6 Å². The highest BCUT2D eigenvalue weighted by Gasteiger charge is 2.50. The molecule has 4 saturated heterocycles. The maximum Gasteiger partial charge on any atom is 0.422 e. The van der Waals surface area contributed by atoms with Crippen molar-refractivity contribution in [2.45, 2.75) is 69.5 Å². The maximum atomic E-state index is 14.1. The Morgan fingerprint density at radius 2 is 1.80 bits per heavy atom. The fourth-order valence-corrected chi connectivity index (χ4v) is 9.54. The summed E-state index contributed by atoms with van der Waals surface area (Å²) in [5.41, 5.74) is 10.3. The second-order valence-electron chi connectivity index (χ2n) is 16.4. The molecule has 5 fully saturated rings.